The predicted molar refractivity (Wildman–Crippen MR) is 158 cm³/mol. The molecule has 180 valence electrons. The van der Waals surface area contributed by atoms with E-state index in [-0.39, 0.29) is 10.8 Å². The molecular weight excluding hydrogens is 448 g/mol. The summed E-state index contributed by atoms with van der Waals surface area (Å²) in [6, 6.07) is 27.1. The van der Waals surface area contributed by atoms with Crippen molar-refractivity contribution in [1.82, 2.24) is 9.55 Å². The molecule has 2 aliphatic carbocycles. The number of para-hydroxylation sites is 2. The summed E-state index contributed by atoms with van der Waals surface area (Å²) in [5.41, 5.74) is 11.8. The van der Waals surface area contributed by atoms with Gasteiger partial charge in [-0.15, -0.1) is 0 Å². The molecule has 0 radical (unpaired) electrons. The van der Waals surface area contributed by atoms with Gasteiger partial charge in [-0.25, -0.2) is 0 Å². The van der Waals surface area contributed by atoms with Crippen LogP contribution in [0.4, 0.5) is 0 Å². The maximum absolute atomic E-state index is 3.82. The average molecular weight is 479 g/mol. The van der Waals surface area contributed by atoms with E-state index in [2.05, 4.69) is 128 Å². The fourth-order valence-corrected chi connectivity index (χ4v) is 7.45. The van der Waals surface area contributed by atoms with Crippen molar-refractivity contribution in [1.29, 1.82) is 0 Å². The van der Waals surface area contributed by atoms with Gasteiger partial charge < -0.3 is 9.55 Å². The number of H-pyrrole nitrogens is 1. The van der Waals surface area contributed by atoms with E-state index < -0.39 is 0 Å². The number of hydrogen-bond acceptors (Lipinski definition) is 0. The fourth-order valence-electron chi connectivity index (χ4n) is 7.45. The monoisotopic (exact) mass is 478 g/mol. The predicted octanol–water partition coefficient (Wildman–Crippen LogP) is 9.19. The van der Waals surface area contributed by atoms with Crippen LogP contribution in [0.3, 0.4) is 0 Å². The number of fused-ring (bicyclic) bond motifs is 10. The van der Waals surface area contributed by atoms with E-state index in [0.29, 0.717) is 0 Å². The average Bonchev–Trinajstić information content (AvgIpc) is 3.62. The van der Waals surface area contributed by atoms with Crippen molar-refractivity contribution in [3.8, 4) is 0 Å². The summed E-state index contributed by atoms with van der Waals surface area (Å²) < 4.78 is 2.53. The van der Waals surface area contributed by atoms with Gasteiger partial charge in [0, 0.05) is 43.6 Å². The molecule has 0 fully saturated rings. The van der Waals surface area contributed by atoms with Crippen LogP contribution in [-0.2, 0) is 10.8 Å². The van der Waals surface area contributed by atoms with Gasteiger partial charge in [0.05, 0.1) is 16.6 Å². The van der Waals surface area contributed by atoms with Gasteiger partial charge in [-0.3, -0.25) is 0 Å². The lowest BCUT2D eigenvalue weighted by atomic mass is 9.59. The molecule has 1 N–H and O–H groups in total. The lowest BCUT2D eigenvalue weighted by Gasteiger charge is -2.44. The molecule has 8 rings (SSSR count). The minimum Gasteiger partial charge on any atom is -0.354 e. The van der Waals surface area contributed by atoms with Crippen molar-refractivity contribution in [2.45, 2.75) is 44.9 Å². The van der Waals surface area contributed by atoms with E-state index >= 15 is 0 Å². The third-order valence-corrected chi connectivity index (χ3v) is 9.13. The van der Waals surface area contributed by atoms with Crippen LogP contribution in [-0.4, -0.2) is 9.55 Å². The Hall–Kier alpha value is -4.04. The lowest BCUT2D eigenvalue weighted by molar-refractivity contribution is 0.527. The van der Waals surface area contributed by atoms with Gasteiger partial charge in [0.25, 0.3) is 0 Å². The highest BCUT2D eigenvalue weighted by Crippen LogP contribution is 2.55. The first-order chi connectivity index (χ1) is 17.9. The highest BCUT2D eigenvalue weighted by atomic mass is 15.0. The van der Waals surface area contributed by atoms with Crippen LogP contribution in [0.15, 0.2) is 91.0 Å². The molecule has 2 heterocycles. The first kappa shape index (κ1) is 21.1. The summed E-state index contributed by atoms with van der Waals surface area (Å²) in [4.78, 5) is 3.82. The van der Waals surface area contributed by atoms with E-state index in [1.54, 1.807) is 0 Å². The zero-order valence-corrected chi connectivity index (χ0v) is 21.8. The summed E-state index contributed by atoms with van der Waals surface area (Å²) in [5.74, 6) is 0. The number of aromatic amines is 1. The van der Waals surface area contributed by atoms with E-state index in [4.69, 9.17) is 0 Å². The van der Waals surface area contributed by atoms with Crippen LogP contribution in [0.5, 0.6) is 0 Å². The van der Waals surface area contributed by atoms with Crippen molar-refractivity contribution >= 4 is 49.3 Å². The maximum Gasteiger partial charge on any atom is 0.0584 e. The summed E-state index contributed by atoms with van der Waals surface area (Å²) >= 11 is 0. The molecule has 0 unspecified atom stereocenters. The van der Waals surface area contributed by atoms with Gasteiger partial charge >= 0.3 is 0 Å². The van der Waals surface area contributed by atoms with Gasteiger partial charge in [0.15, 0.2) is 0 Å². The Morgan fingerprint density at radius 2 is 1.35 bits per heavy atom. The normalized spacial score (nSPS) is 17.6. The SMILES string of the molecule is CC1(C)c2ccc3c4ccccc4n(C4=CCC=C4)c3c2C(C)(C)c2ccc3c([nH]c4ccccc43)c21. The molecule has 0 saturated heterocycles. The maximum atomic E-state index is 3.82. The van der Waals surface area contributed by atoms with Gasteiger partial charge in [0.2, 0.25) is 0 Å². The Morgan fingerprint density at radius 3 is 2.14 bits per heavy atom. The van der Waals surface area contributed by atoms with Gasteiger partial charge in [-0.05, 0) is 46.9 Å². The standard InChI is InChI=1S/C35H30N2/c1-34(2)27-20-18-25-23-14-8-10-16-29(23)37(21-11-5-6-12-21)33(25)31(27)35(3,4)26-19-17-24-22-13-7-9-15-28(22)36-32(24)30(26)34/h5,7-20,36H,6H2,1-4H3. The minimum absolute atomic E-state index is 0.157. The van der Waals surface area contributed by atoms with Gasteiger partial charge in [0.1, 0.15) is 0 Å². The van der Waals surface area contributed by atoms with E-state index in [0.717, 1.165) is 6.42 Å². The summed E-state index contributed by atoms with van der Waals surface area (Å²) in [7, 11) is 0. The number of hydrogen-bond donors (Lipinski definition) is 1. The number of rotatable bonds is 1. The highest BCUT2D eigenvalue weighted by molar-refractivity contribution is 6.13. The molecule has 0 spiro atoms. The largest absolute Gasteiger partial charge is 0.354 e. The van der Waals surface area contributed by atoms with Crippen LogP contribution in [0.1, 0.15) is 56.4 Å². The quantitative estimate of drug-likeness (QED) is 0.243. The van der Waals surface area contributed by atoms with Crippen molar-refractivity contribution in [3.63, 3.8) is 0 Å². The Kier molecular flexibility index (Phi) is 3.89. The Balaban J connectivity index is 1.55. The summed E-state index contributed by atoms with van der Waals surface area (Å²) in [6.45, 7) is 9.68. The fraction of sp³-hybridized carbons (Fsp3) is 0.200. The molecule has 2 aliphatic rings. The number of allylic oxidation sites excluding steroid dienone is 4. The first-order valence-corrected chi connectivity index (χ1v) is 13.4. The van der Waals surface area contributed by atoms with Crippen molar-refractivity contribution in [2.24, 2.45) is 0 Å². The van der Waals surface area contributed by atoms with E-state index in [1.807, 2.05) is 0 Å². The second-order valence-corrected chi connectivity index (χ2v) is 11.8. The van der Waals surface area contributed by atoms with Crippen LogP contribution in [0.2, 0.25) is 0 Å². The van der Waals surface area contributed by atoms with Crippen LogP contribution >= 0.6 is 0 Å². The number of nitrogens with one attached hydrogen (secondary N) is 1. The number of nitrogens with zero attached hydrogens (tertiary/aromatic N) is 1. The van der Waals surface area contributed by atoms with Crippen LogP contribution in [0.25, 0.3) is 49.3 Å². The van der Waals surface area contributed by atoms with Crippen molar-refractivity contribution in [3.05, 3.63) is 113 Å². The molecule has 4 aromatic carbocycles. The molecule has 0 amide bonds. The summed E-state index contributed by atoms with van der Waals surface area (Å²) in [5, 5.41) is 5.29. The first-order valence-electron chi connectivity index (χ1n) is 13.4. The number of benzene rings is 4. The Morgan fingerprint density at radius 1 is 0.676 bits per heavy atom. The van der Waals surface area contributed by atoms with Gasteiger partial charge in [-0.2, -0.15) is 0 Å². The van der Waals surface area contributed by atoms with E-state index in [1.165, 1.54) is 71.6 Å². The molecule has 2 heteroatoms. The smallest absolute Gasteiger partial charge is 0.0584 e. The molecule has 6 aromatic rings. The Labute approximate surface area is 216 Å². The molecule has 0 saturated carbocycles. The van der Waals surface area contributed by atoms with Crippen LogP contribution in [0, 0.1) is 0 Å². The van der Waals surface area contributed by atoms with Crippen LogP contribution < -0.4 is 0 Å². The molecule has 0 bridgehead atoms. The second-order valence-electron chi connectivity index (χ2n) is 11.8. The second kappa shape index (κ2) is 6.83. The molecule has 0 aliphatic heterocycles. The molecule has 2 aromatic heterocycles. The third-order valence-electron chi connectivity index (χ3n) is 9.13. The highest BCUT2D eigenvalue weighted by Gasteiger charge is 2.45. The Bertz CT molecular complexity index is 2000. The van der Waals surface area contributed by atoms with Gasteiger partial charge in [-0.1, -0.05) is 101 Å². The van der Waals surface area contributed by atoms with E-state index in [9.17, 15) is 0 Å². The summed E-state index contributed by atoms with van der Waals surface area (Å²) in [6.07, 6.45) is 7.90. The molecule has 2 nitrogen and oxygen atoms in total. The lowest BCUT2D eigenvalue weighted by Crippen LogP contribution is -2.37. The molecule has 37 heavy (non-hydrogen) atoms. The minimum atomic E-state index is -0.166. The molecular formula is C35H30N2. The third kappa shape index (κ3) is 2.51. The number of aromatic nitrogens is 2. The van der Waals surface area contributed by atoms with Crippen molar-refractivity contribution in [2.75, 3.05) is 0 Å². The zero-order chi connectivity index (χ0) is 25.1. The topological polar surface area (TPSA) is 20.7 Å². The zero-order valence-electron chi connectivity index (χ0n) is 21.8. The molecule has 0 atom stereocenters. The van der Waals surface area contributed by atoms with Crippen molar-refractivity contribution < 1.29 is 0 Å².